The third-order valence-corrected chi connectivity index (χ3v) is 7.29. The summed E-state index contributed by atoms with van der Waals surface area (Å²) in [4.78, 5) is 46.2. The zero-order valence-corrected chi connectivity index (χ0v) is 18.6. The van der Waals surface area contributed by atoms with E-state index in [2.05, 4.69) is 10.3 Å². The second-order valence-electron chi connectivity index (χ2n) is 9.08. The van der Waals surface area contributed by atoms with Gasteiger partial charge in [0.25, 0.3) is 11.5 Å². The summed E-state index contributed by atoms with van der Waals surface area (Å²) < 4.78 is 1.67. The fourth-order valence-corrected chi connectivity index (χ4v) is 5.48. The fraction of sp³-hybridized carbons (Fsp3) is 0.440. The average Bonchev–Trinajstić information content (AvgIpc) is 3.05. The predicted octanol–water partition coefficient (Wildman–Crippen LogP) is 1.75. The number of nitrogens with one attached hydrogen (secondary N) is 1. The smallest absolute Gasteiger partial charge is 0.273 e. The first-order valence-corrected chi connectivity index (χ1v) is 11.6. The number of aliphatic hydroxyl groups excluding tert-OH is 1. The molecule has 0 aromatic carbocycles. The number of allylic oxidation sites excluding steroid dienone is 1. The highest BCUT2D eigenvalue weighted by Crippen LogP contribution is 2.49. The number of carbonyl (C=O) groups is 2. The highest BCUT2D eigenvalue weighted by molar-refractivity contribution is 5.94. The van der Waals surface area contributed by atoms with Crippen LogP contribution < -0.4 is 10.9 Å². The Labute approximate surface area is 191 Å². The first-order valence-electron chi connectivity index (χ1n) is 11.6. The van der Waals surface area contributed by atoms with Gasteiger partial charge >= 0.3 is 0 Å². The molecule has 0 spiro atoms. The zero-order valence-electron chi connectivity index (χ0n) is 18.6. The van der Waals surface area contributed by atoms with Crippen LogP contribution in [-0.2, 0) is 11.3 Å². The number of amides is 2. The van der Waals surface area contributed by atoms with Crippen LogP contribution in [0.2, 0.25) is 0 Å². The lowest BCUT2D eigenvalue weighted by Crippen LogP contribution is -2.49. The summed E-state index contributed by atoms with van der Waals surface area (Å²) in [6.07, 6.45) is 8.09. The topological polar surface area (TPSA) is 105 Å². The predicted molar refractivity (Wildman–Crippen MR) is 122 cm³/mol. The van der Waals surface area contributed by atoms with Gasteiger partial charge < -0.3 is 19.9 Å². The van der Waals surface area contributed by atoms with Gasteiger partial charge in [0.05, 0.1) is 18.0 Å². The van der Waals surface area contributed by atoms with Crippen molar-refractivity contribution in [2.45, 2.75) is 50.9 Å². The standard InChI is InChI=1S/C25H28N4O4/c1-2-6-15-10-11-19-22-21(23(31)27-16-7-5-8-16)17(14-30)20(13-28(19)24(15)32)29(22)25(33)18-9-3-4-12-26-18/h2-4,6,9-12,16-17,20-22,30H,5,7-8,13-14H2,1H3,(H,27,31)/b6-2+/t17-,20-,21+,22+/m1/s1. The highest BCUT2D eigenvalue weighted by Gasteiger charge is 2.57. The second-order valence-corrected chi connectivity index (χ2v) is 9.08. The number of pyridine rings is 2. The Morgan fingerprint density at radius 1 is 1.24 bits per heavy atom. The van der Waals surface area contributed by atoms with Gasteiger partial charge in [0.2, 0.25) is 5.91 Å². The molecule has 2 aromatic heterocycles. The first-order chi connectivity index (χ1) is 16.0. The Hall–Kier alpha value is -3.26. The molecular weight excluding hydrogens is 420 g/mol. The van der Waals surface area contributed by atoms with Crippen molar-refractivity contribution in [3.05, 3.63) is 69.9 Å². The van der Waals surface area contributed by atoms with Crippen molar-refractivity contribution in [1.29, 1.82) is 0 Å². The van der Waals surface area contributed by atoms with E-state index in [9.17, 15) is 19.5 Å². The number of carbonyl (C=O) groups excluding carboxylic acids is 2. The van der Waals surface area contributed by atoms with Crippen LogP contribution in [0.4, 0.5) is 0 Å². The maximum Gasteiger partial charge on any atom is 0.273 e. The minimum Gasteiger partial charge on any atom is -0.396 e. The Kier molecular flexibility index (Phi) is 5.62. The molecule has 2 amide bonds. The number of aliphatic hydroxyl groups is 1. The molecule has 2 N–H and O–H groups in total. The minimum absolute atomic E-state index is 0.136. The van der Waals surface area contributed by atoms with E-state index in [0.29, 0.717) is 11.3 Å². The van der Waals surface area contributed by atoms with Gasteiger partial charge in [-0.1, -0.05) is 18.2 Å². The molecule has 33 heavy (non-hydrogen) atoms. The molecule has 1 saturated heterocycles. The summed E-state index contributed by atoms with van der Waals surface area (Å²) in [5.74, 6) is -1.58. The summed E-state index contributed by atoms with van der Waals surface area (Å²) in [7, 11) is 0. The molecule has 3 aliphatic rings. The van der Waals surface area contributed by atoms with E-state index >= 15 is 0 Å². The number of nitrogens with zero attached hydrogens (tertiary/aromatic N) is 3. The Bertz CT molecular complexity index is 1150. The van der Waals surface area contributed by atoms with Crippen molar-refractivity contribution in [3.8, 4) is 0 Å². The zero-order chi connectivity index (χ0) is 23.1. The molecule has 0 radical (unpaired) electrons. The first kappa shape index (κ1) is 21.6. The highest BCUT2D eigenvalue weighted by atomic mass is 16.3. The number of aromatic nitrogens is 2. The molecule has 5 rings (SSSR count). The monoisotopic (exact) mass is 448 g/mol. The summed E-state index contributed by atoms with van der Waals surface area (Å²) in [6, 6.07) is 7.71. The van der Waals surface area contributed by atoms with Gasteiger partial charge in [0.15, 0.2) is 0 Å². The Balaban J connectivity index is 1.62. The molecule has 8 nitrogen and oxygen atoms in total. The third-order valence-electron chi connectivity index (χ3n) is 7.29. The quantitative estimate of drug-likeness (QED) is 0.725. The van der Waals surface area contributed by atoms with Gasteiger partial charge in [-0.3, -0.25) is 19.4 Å². The van der Waals surface area contributed by atoms with Crippen molar-refractivity contribution in [1.82, 2.24) is 19.8 Å². The van der Waals surface area contributed by atoms with Gasteiger partial charge in [0, 0.05) is 42.6 Å². The molecule has 4 atom stereocenters. The van der Waals surface area contributed by atoms with Crippen LogP contribution in [0.25, 0.3) is 6.08 Å². The maximum absolute atomic E-state index is 13.6. The van der Waals surface area contributed by atoms with Gasteiger partial charge in [-0.25, -0.2) is 0 Å². The van der Waals surface area contributed by atoms with Gasteiger partial charge in [-0.15, -0.1) is 0 Å². The normalized spacial score (nSPS) is 26.2. The molecule has 1 aliphatic carbocycles. The summed E-state index contributed by atoms with van der Waals surface area (Å²) in [6.45, 7) is 1.83. The van der Waals surface area contributed by atoms with Gasteiger partial charge in [-0.05, 0) is 50.5 Å². The van der Waals surface area contributed by atoms with Gasteiger partial charge in [0.1, 0.15) is 5.69 Å². The molecule has 2 fully saturated rings. The molecule has 2 bridgehead atoms. The van der Waals surface area contributed by atoms with Crippen LogP contribution in [0.3, 0.4) is 0 Å². The summed E-state index contributed by atoms with van der Waals surface area (Å²) >= 11 is 0. The summed E-state index contributed by atoms with van der Waals surface area (Å²) in [5, 5.41) is 13.5. The van der Waals surface area contributed by atoms with Crippen molar-refractivity contribution in [2.75, 3.05) is 6.61 Å². The number of fused-ring (bicyclic) bond motifs is 4. The molecule has 2 aromatic rings. The van der Waals surface area contributed by atoms with Crippen LogP contribution >= 0.6 is 0 Å². The molecule has 0 unspecified atom stereocenters. The Morgan fingerprint density at radius 3 is 2.70 bits per heavy atom. The lowest BCUT2D eigenvalue weighted by atomic mass is 9.85. The van der Waals surface area contributed by atoms with Crippen LogP contribution in [0, 0.1) is 11.8 Å². The second kappa shape index (κ2) is 8.59. The fourth-order valence-electron chi connectivity index (χ4n) is 5.48. The van der Waals surface area contributed by atoms with E-state index in [0.717, 1.165) is 19.3 Å². The lowest BCUT2D eigenvalue weighted by molar-refractivity contribution is -0.128. The van der Waals surface area contributed by atoms with E-state index in [1.54, 1.807) is 46.0 Å². The molecule has 1 saturated carbocycles. The van der Waals surface area contributed by atoms with Gasteiger partial charge in [-0.2, -0.15) is 0 Å². The molecule has 8 heteroatoms. The number of hydrogen-bond donors (Lipinski definition) is 2. The van der Waals surface area contributed by atoms with E-state index in [4.69, 9.17) is 0 Å². The molecular formula is C25H28N4O4. The van der Waals surface area contributed by atoms with Crippen molar-refractivity contribution >= 4 is 17.9 Å². The van der Waals surface area contributed by atoms with Crippen LogP contribution in [0.5, 0.6) is 0 Å². The van der Waals surface area contributed by atoms with E-state index in [1.807, 2.05) is 19.1 Å². The van der Waals surface area contributed by atoms with Crippen LogP contribution in [0.15, 0.2) is 47.4 Å². The van der Waals surface area contributed by atoms with E-state index in [1.165, 1.54) is 0 Å². The number of rotatable bonds is 5. The Morgan fingerprint density at radius 2 is 2.06 bits per heavy atom. The number of hydrogen-bond acceptors (Lipinski definition) is 5. The SMILES string of the molecule is C/C=C/c1ccc2n(c1=O)C[C@@H]1[C@@H](CO)[C@H](C(=O)NC3CCC3)[C@H]2N1C(=O)c1ccccn1. The molecule has 4 heterocycles. The van der Waals surface area contributed by atoms with Crippen molar-refractivity contribution in [3.63, 3.8) is 0 Å². The van der Waals surface area contributed by atoms with Crippen molar-refractivity contribution < 1.29 is 14.7 Å². The summed E-state index contributed by atoms with van der Waals surface area (Å²) in [5.41, 5.74) is 1.31. The lowest BCUT2D eigenvalue weighted by Gasteiger charge is -2.38. The average molecular weight is 449 g/mol. The third kappa shape index (κ3) is 3.49. The maximum atomic E-state index is 13.6. The van der Waals surface area contributed by atoms with E-state index < -0.39 is 23.9 Å². The van der Waals surface area contributed by atoms with Crippen LogP contribution in [0.1, 0.15) is 54.0 Å². The minimum atomic E-state index is -0.650. The van der Waals surface area contributed by atoms with Crippen molar-refractivity contribution in [2.24, 2.45) is 11.8 Å². The molecule has 172 valence electrons. The largest absolute Gasteiger partial charge is 0.396 e. The van der Waals surface area contributed by atoms with E-state index in [-0.39, 0.29) is 42.3 Å². The van der Waals surface area contributed by atoms with Crippen LogP contribution in [-0.4, -0.2) is 50.1 Å². The molecule has 2 aliphatic heterocycles.